The first-order chi connectivity index (χ1) is 12.9. The number of hydrogen-bond acceptors (Lipinski definition) is 4. The molecule has 2 unspecified atom stereocenters. The number of ether oxygens (including phenoxy) is 1. The fourth-order valence-electron chi connectivity index (χ4n) is 3.25. The van der Waals surface area contributed by atoms with Gasteiger partial charge in [0.05, 0.1) is 11.9 Å². The van der Waals surface area contributed by atoms with Crippen molar-refractivity contribution in [2.75, 3.05) is 38.2 Å². The van der Waals surface area contributed by atoms with Crippen LogP contribution in [0.3, 0.4) is 0 Å². The van der Waals surface area contributed by atoms with Crippen molar-refractivity contribution in [1.82, 2.24) is 10.6 Å². The highest BCUT2D eigenvalue weighted by atomic mass is 127. The normalized spacial score (nSPS) is 20.3. The van der Waals surface area contributed by atoms with Gasteiger partial charge in [0.1, 0.15) is 9.84 Å². The van der Waals surface area contributed by atoms with Crippen molar-refractivity contribution in [2.45, 2.75) is 39.2 Å². The van der Waals surface area contributed by atoms with Gasteiger partial charge in [0.25, 0.3) is 0 Å². The van der Waals surface area contributed by atoms with Crippen molar-refractivity contribution in [3.8, 4) is 0 Å². The van der Waals surface area contributed by atoms with Gasteiger partial charge in [0.2, 0.25) is 0 Å². The van der Waals surface area contributed by atoms with Gasteiger partial charge in [0, 0.05) is 38.4 Å². The molecule has 8 heteroatoms. The second-order valence-electron chi connectivity index (χ2n) is 7.23. The summed E-state index contributed by atoms with van der Waals surface area (Å²) >= 11 is 0. The van der Waals surface area contributed by atoms with Crippen LogP contribution in [0.25, 0.3) is 0 Å². The Labute approximate surface area is 186 Å². The van der Waals surface area contributed by atoms with Crippen LogP contribution >= 0.6 is 24.0 Å². The molecule has 0 aliphatic carbocycles. The van der Waals surface area contributed by atoms with Gasteiger partial charge in [-0.15, -0.1) is 24.0 Å². The summed E-state index contributed by atoms with van der Waals surface area (Å²) in [4.78, 5) is 4.73. The lowest BCUT2D eigenvalue weighted by atomic mass is 9.89. The number of guanidine groups is 1. The minimum atomic E-state index is -2.92. The number of aliphatic imine (C=N–C) groups is 1. The second kappa shape index (κ2) is 12.6. The van der Waals surface area contributed by atoms with Crippen LogP contribution < -0.4 is 10.6 Å². The lowest BCUT2D eigenvalue weighted by Gasteiger charge is -2.31. The van der Waals surface area contributed by atoms with Gasteiger partial charge in [-0.3, -0.25) is 4.99 Å². The Hall–Kier alpha value is -0.870. The number of nitrogens with zero attached hydrogens (tertiary/aromatic N) is 1. The van der Waals surface area contributed by atoms with Gasteiger partial charge in [0.15, 0.2) is 5.96 Å². The maximum Gasteiger partial charge on any atom is 0.191 e. The van der Waals surface area contributed by atoms with E-state index in [1.807, 2.05) is 6.92 Å². The maximum absolute atomic E-state index is 11.2. The van der Waals surface area contributed by atoms with E-state index in [4.69, 9.17) is 9.73 Å². The zero-order chi connectivity index (χ0) is 19.7. The van der Waals surface area contributed by atoms with E-state index >= 15 is 0 Å². The Morgan fingerprint density at radius 2 is 1.96 bits per heavy atom. The van der Waals surface area contributed by atoms with E-state index < -0.39 is 9.84 Å². The molecule has 0 bridgehead atoms. The van der Waals surface area contributed by atoms with Crippen LogP contribution in [0.5, 0.6) is 0 Å². The van der Waals surface area contributed by atoms with Crippen molar-refractivity contribution < 1.29 is 13.2 Å². The average Bonchev–Trinajstić information content (AvgIpc) is 2.63. The number of hydrogen-bond donors (Lipinski definition) is 2. The summed E-state index contributed by atoms with van der Waals surface area (Å²) in [6, 6.07) is 8.55. The molecule has 0 spiro atoms. The zero-order valence-electron chi connectivity index (χ0n) is 17.1. The Kier molecular flexibility index (Phi) is 11.4. The van der Waals surface area contributed by atoms with E-state index in [9.17, 15) is 8.42 Å². The molecule has 1 aromatic rings. The molecule has 1 aliphatic heterocycles. The first-order valence-electron chi connectivity index (χ1n) is 9.77. The Morgan fingerprint density at radius 1 is 1.25 bits per heavy atom. The van der Waals surface area contributed by atoms with Gasteiger partial charge in [-0.25, -0.2) is 8.42 Å². The van der Waals surface area contributed by atoms with Crippen LogP contribution in [-0.2, 0) is 14.6 Å². The fourth-order valence-corrected chi connectivity index (χ4v) is 3.91. The van der Waals surface area contributed by atoms with Crippen LogP contribution in [0.4, 0.5) is 0 Å². The maximum atomic E-state index is 11.2. The summed E-state index contributed by atoms with van der Waals surface area (Å²) < 4.78 is 28.5. The number of halogens is 1. The fraction of sp³-hybridized carbons (Fsp3) is 0.650. The molecule has 0 amide bonds. The van der Waals surface area contributed by atoms with Crippen LogP contribution in [-0.4, -0.2) is 52.6 Å². The second-order valence-corrected chi connectivity index (χ2v) is 9.49. The molecule has 2 rings (SSSR count). The average molecular weight is 523 g/mol. The minimum absolute atomic E-state index is 0. The molecule has 160 valence electrons. The lowest BCUT2D eigenvalue weighted by molar-refractivity contribution is -0.0250. The molecular weight excluding hydrogens is 489 g/mol. The van der Waals surface area contributed by atoms with Crippen LogP contribution in [0.2, 0.25) is 0 Å². The van der Waals surface area contributed by atoms with E-state index in [1.54, 1.807) is 0 Å². The van der Waals surface area contributed by atoms with E-state index in [0.29, 0.717) is 25.4 Å². The summed E-state index contributed by atoms with van der Waals surface area (Å²) in [6.07, 6.45) is 4.06. The molecule has 1 aliphatic rings. The van der Waals surface area contributed by atoms with Crippen LogP contribution in [0.1, 0.15) is 43.4 Å². The molecule has 0 saturated carbocycles. The standard InChI is InChI=1S/C20H33N3O3S.HI/c1-4-21-20(22-12-6-14-27(3,24)25)23-15-18-7-5-13-26-19(18)17-10-8-16(2)9-11-17;/h8-11,18-19H,4-7,12-15H2,1-3H3,(H2,21,22,23);1H. The summed E-state index contributed by atoms with van der Waals surface area (Å²) in [5, 5.41) is 6.46. The SMILES string of the molecule is CCNC(=NCC1CCCOC1c1ccc(C)cc1)NCCCS(C)(=O)=O.I. The highest BCUT2D eigenvalue weighted by molar-refractivity contribution is 14.0. The van der Waals surface area contributed by atoms with E-state index in [2.05, 4.69) is 41.8 Å². The predicted octanol–water partition coefficient (Wildman–Crippen LogP) is 3.07. The van der Waals surface area contributed by atoms with Crippen molar-refractivity contribution in [2.24, 2.45) is 10.9 Å². The van der Waals surface area contributed by atoms with Crippen LogP contribution in [0.15, 0.2) is 29.3 Å². The molecule has 0 radical (unpaired) electrons. The van der Waals surface area contributed by atoms with Gasteiger partial charge in [-0.05, 0) is 38.7 Å². The third-order valence-corrected chi connectivity index (χ3v) is 5.69. The Balaban J connectivity index is 0.00000392. The third-order valence-electron chi connectivity index (χ3n) is 4.66. The van der Waals surface area contributed by atoms with Crippen molar-refractivity contribution >= 4 is 39.8 Å². The molecule has 2 atom stereocenters. The highest BCUT2D eigenvalue weighted by Gasteiger charge is 2.27. The summed E-state index contributed by atoms with van der Waals surface area (Å²) in [7, 11) is -2.92. The number of benzene rings is 1. The van der Waals surface area contributed by atoms with Gasteiger partial charge >= 0.3 is 0 Å². The molecule has 28 heavy (non-hydrogen) atoms. The van der Waals surface area contributed by atoms with Gasteiger partial charge in [-0.2, -0.15) is 0 Å². The van der Waals surface area contributed by atoms with Crippen molar-refractivity contribution in [3.63, 3.8) is 0 Å². The molecule has 6 nitrogen and oxygen atoms in total. The quantitative estimate of drug-likeness (QED) is 0.237. The largest absolute Gasteiger partial charge is 0.373 e. The third kappa shape index (κ3) is 9.09. The minimum Gasteiger partial charge on any atom is -0.373 e. The lowest BCUT2D eigenvalue weighted by Crippen LogP contribution is -2.39. The zero-order valence-corrected chi connectivity index (χ0v) is 20.3. The predicted molar refractivity (Wildman–Crippen MR) is 126 cm³/mol. The van der Waals surface area contributed by atoms with E-state index in [0.717, 1.165) is 32.0 Å². The van der Waals surface area contributed by atoms with Crippen molar-refractivity contribution in [1.29, 1.82) is 0 Å². The molecule has 2 N–H and O–H groups in total. The first kappa shape index (κ1) is 25.2. The number of rotatable bonds is 8. The topological polar surface area (TPSA) is 79.8 Å². The molecule has 1 saturated heterocycles. The molecule has 1 heterocycles. The molecule has 0 aromatic heterocycles. The number of sulfone groups is 1. The molecule has 1 aromatic carbocycles. The van der Waals surface area contributed by atoms with Gasteiger partial charge < -0.3 is 15.4 Å². The van der Waals surface area contributed by atoms with E-state index in [-0.39, 0.29) is 35.8 Å². The summed E-state index contributed by atoms with van der Waals surface area (Å²) in [6.45, 7) is 6.93. The molecular formula is C20H34IN3O3S. The smallest absolute Gasteiger partial charge is 0.191 e. The number of aryl methyl sites for hydroxylation is 1. The highest BCUT2D eigenvalue weighted by Crippen LogP contribution is 2.33. The summed E-state index contributed by atoms with van der Waals surface area (Å²) in [5.41, 5.74) is 2.46. The Bertz CT molecular complexity index is 708. The molecule has 1 fully saturated rings. The number of nitrogens with one attached hydrogen (secondary N) is 2. The van der Waals surface area contributed by atoms with Gasteiger partial charge in [-0.1, -0.05) is 29.8 Å². The van der Waals surface area contributed by atoms with E-state index in [1.165, 1.54) is 17.4 Å². The Morgan fingerprint density at radius 3 is 2.61 bits per heavy atom. The summed E-state index contributed by atoms with van der Waals surface area (Å²) in [5.74, 6) is 1.26. The van der Waals surface area contributed by atoms with Crippen molar-refractivity contribution in [3.05, 3.63) is 35.4 Å². The first-order valence-corrected chi connectivity index (χ1v) is 11.8. The van der Waals surface area contributed by atoms with Crippen LogP contribution in [0, 0.1) is 12.8 Å². The monoisotopic (exact) mass is 523 g/mol.